The van der Waals surface area contributed by atoms with Gasteiger partial charge in [0.1, 0.15) is 5.82 Å². The van der Waals surface area contributed by atoms with Crippen molar-refractivity contribution in [2.24, 2.45) is 0 Å². The molecule has 4 aromatic rings. The molecule has 180 valence electrons. The maximum absolute atomic E-state index is 12.6. The van der Waals surface area contributed by atoms with Gasteiger partial charge in [0.15, 0.2) is 0 Å². The second-order valence-corrected chi connectivity index (χ2v) is 9.70. The summed E-state index contributed by atoms with van der Waals surface area (Å²) in [5.74, 6) is 1.26. The van der Waals surface area contributed by atoms with Crippen molar-refractivity contribution in [1.82, 2.24) is 29.5 Å². The summed E-state index contributed by atoms with van der Waals surface area (Å²) in [6, 6.07) is 10.3. The SMILES string of the molecule is CC(C)c1cnn2ccc(-c3ccnc(Cc4ccc(N5CC[C@H](N(C)C)CC5=O)cn4)n3)cc12. The first-order chi connectivity index (χ1) is 16.9. The zero-order valence-corrected chi connectivity index (χ0v) is 20.7. The van der Waals surface area contributed by atoms with Crippen LogP contribution >= 0.6 is 0 Å². The summed E-state index contributed by atoms with van der Waals surface area (Å²) in [4.78, 5) is 30.5. The van der Waals surface area contributed by atoms with Gasteiger partial charge in [0.25, 0.3) is 0 Å². The van der Waals surface area contributed by atoms with Gasteiger partial charge < -0.3 is 9.80 Å². The number of amides is 1. The van der Waals surface area contributed by atoms with Crippen LogP contribution in [-0.2, 0) is 11.2 Å². The second kappa shape index (κ2) is 9.54. The molecule has 1 aliphatic heterocycles. The minimum absolute atomic E-state index is 0.149. The molecule has 0 aliphatic carbocycles. The van der Waals surface area contributed by atoms with Crippen molar-refractivity contribution in [3.05, 3.63) is 72.2 Å². The fourth-order valence-corrected chi connectivity index (χ4v) is 4.62. The lowest BCUT2D eigenvalue weighted by atomic mass is 10.0. The number of rotatable bonds is 6. The van der Waals surface area contributed by atoms with Crippen molar-refractivity contribution in [3.8, 4) is 11.3 Å². The number of nitrogens with zero attached hydrogens (tertiary/aromatic N) is 7. The molecule has 35 heavy (non-hydrogen) atoms. The smallest absolute Gasteiger partial charge is 0.228 e. The first-order valence-electron chi connectivity index (χ1n) is 12.1. The van der Waals surface area contributed by atoms with E-state index in [-0.39, 0.29) is 5.91 Å². The summed E-state index contributed by atoms with van der Waals surface area (Å²) in [6.45, 7) is 5.06. The zero-order chi connectivity index (χ0) is 24.5. The predicted octanol–water partition coefficient (Wildman–Crippen LogP) is 3.96. The number of carbonyl (C=O) groups is 1. The highest BCUT2D eigenvalue weighted by Crippen LogP contribution is 2.26. The molecule has 0 unspecified atom stereocenters. The van der Waals surface area contributed by atoms with Gasteiger partial charge in [0.05, 0.1) is 35.7 Å². The Bertz CT molecular complexity index is 1340. The van der Waals surface area contributed by atoms with Crippen LogP contribution < -0.4 is 4.90 Å². The molecule has 5 rings (SSSR count). The standard InChI is InChI=1S/C27H31N7O/c1-18(2)23-17-30-34-12-8-19(13-25(23)34)24-7-10-28-26(31-24)14-20-5-6-22(16-29-20)33-11-9-21(32(3)4)15-27(33)35/h5-8,10,12-13,16-18,21H,9,11,14-15H2,1-4H3/t21-/m0/s1. The molecule has 0 saturated carbocycles. The molecule has 4 aromatic heterocycles. The van der Waals surface area contributed by atoms with Crippen LogP contribution in [0.25, 0.3) is 16.8 Å². The Hall–Kier alpha value is -3.65. The van der Waals surface area contributed by atoms with E-state index >= 15 is 0 Å². The highest BCUT2D eigenvalue weighted by molar-refractivity contribution is 5.94. The Balaban J connectivity index is 1.32. The molecule has 1 saturated heterocycles. The van der Waals surface area contributed by atoms with Crippen LogP contribution in [0.3, 0.4) is 0 Å². The van der Waals surface area contributed by atoms with Gasteiger partial charge in [-0.15, -0.1) is 0 Å². The summed E-state index contributed by atoms with van der Waals surface area (Å²) in [5.41, 5.74) is 5.94. The monoisotopic (exact) mass is 469 g/mol. The van der Waals surface area contributed by atoms with E-state index in [2.05, 4.69) is 39.9 Å². The lowest BCUT2D eigenvalue weighted by Gasteiger charge is -2.34. The van der Waals surface area contributed by atoms with Crippen LogP contribution in [0, 0.1) is 0 Å². The van der Waals surface area contributed by atoms with Crippen molar-refractivity contribution < 1.29 is 4.79 Å². The molecule has 5 heterocycles. The number of hydrogen-bond donors (Lipinski definition) is 0. The molecule has 0 N–H and O–H groups in total. The van der Waals surface area contributed by atoms with Crippen molar-refractivity contribution in [2.45, 2.75) is 45.1 Å². The number of carbonyl (C=O) groups excluding carboxylic acids is 1. The highest BCUT2D eigenvalue weighted by atomic mass is 16.2. The number of pyridine rings is 2. The summed E-state index contributed by atoms with van der Waals surface area (Å²) in [7, 11) is 4.06. The van der Waals surface area contributed by atoms with Gasteiger partial charge >= 0.3 is 0 Å². The largest absolute Gasteiger partial charge is 0.311 e. The first-order valence-corrected chi connectivity index (χ1v) is 12.1. The Morgan fingerprint density at radius 3 is 2.69 bits per heavy atom. The maximum atomic E-state index is 12.6. The van der Waals surface area contributed by atoms with E-state index in [9.17, 15) is 4.79 Å². The average molecular weight is 470 g/mol. The number of aromatic nitrogens is 5. The number of piperidine rings is 1. The topological polar surface area (TPSA) is 79.5 Å². The Morgan fingerprint density at radius 2 is 1.97 bits per heavy atom. The summed E-state index contributed by atoms with van der Waals surface area (Å²) in [6.07, 6.45) is 9.52. The van der Waals surface area contributed by atoms with Crippen molar-refractivity contribution in [1.29, 1.82) is 0 Å². The molecule has 1 fully saturated rings. The van der Waals surface area contributed by atoms with Gasteiger partial charge in [0, 0.05) is 48.2 Å². The third-order valence-electron chi connectivity index (χ3n) is 6.76. The molecule has 1 amide bonds. The van der Waals surface area contributed by atoms with Gasteiger partial charge in [-0.2, -0.15) is 5.10 Å². The minimum atomic E-state index is 0.149. The van der Waals surface area contributed by atoms with Gasteiger partial charge in [-0.1, -0.05) is 13.8 Å². The quantitative estimate of drug-likeness (QED) is 0.425. The van der Waals surface area contributed by atoms with E-state index in [1.165, 1.54) is 5.56 Å². The van der Waals surface area contributed by atoms with E-state index in [1.807, 2.05) is 60.2 Å². The molecule has 1 aliphatic rings. The van der Waals surface area contributed by atoms with E-state index in [0.29, 0.717) is 37.2 Å². The van der Waals surface area contributed by atoms with Crippen molar-refractivity contribution >= 4 is 17.1 Å². The van der Waals surface area contributed by atoms with Crippen molar-refractivity contribution in [2.75, 3.05) is 25.5 Å². The van der Waals surface area contributed by atoms with Crippen LogP contribution in [0.2, 0.25) is 0 Å². The Kier molecular flexibility index (Phi) is 6.30. The fraction of sp³-hybridized carbons (Fsp3) is 0.370. The predicted molar refractivity (Wildman–Crippen MR) is 136 cm³/mol. The van der Waals surface area contributed by atoms with E-state index in [4.69, 9.17) is 4.98 Å². The molecule has 8 nitrogen and oxygen atoms in total. The van der Waals surface area contributed by atoms with Gasteiger partial charge in [0.2, 0.25) is 5.91 Å². The molecule has 0 aromatic carbocycles. The van der Waals surface area contributed by atoms with Crippen LogP contribution in [-0.4, -0.2) is 62.1 Å². The number of anilines is 1. The fourth-order valence-electron chi connectivity index (χ4n) is 4.62. The van der Waals surface area contributed by atoms with Gasteiger partial charge in [-0.25, -0.2) is 14.5 Å². The molecular weight excluding hydrogens is 438 g/mol. The number of fused-ring (bicyclic) bond motifs is 1. The molecule has 0 bridgehead atoms. The lowest BCUT2D eigenvalue weighted by molar-refractivity contribution is -0.120. The Labute approximate surface area is 205 Å². The molecule has 8 heteroatoms. The molecular formula is C27H31N7O. The third kappa shape index (κ3) is 4.79. The van der Waals surface area contributed by atoms with Crippen LogP contribution in [0.1, 0.15) is 49.7 Å². The molecule has 1 atom stereocenters. The third-order valence-corrected chi connectivity index (χ3v) is 6.76. The van der Waals surface area contributed by atoms with Crippen molar-refractivity contribution in [3.63, 3.8) is 0 Å². The normalized spacial score (nSPS) is 16.6. The van der Waals surface area contributed by atoms with Gasteiger partial charge in [-0.05, 0) is 56.8 Å². The Morgan fingerprint density at radius 1 is 1.11 bits per heavy atom. The van der Waals surface area contributed by atoms with Gasteiger partial charge in [-0.3, -0.25) is 9.78 Å². The molecule has 0 radical (unpaired) electrons. The summed E-state index contributed by atoms with van der Waals surface area (Å²) < 4.78 is 1.90. The first kappa shape index (κ1) is 23.1. The number of hydrogen-bond acceptors (Lipinski definition) is 6. The lowest BCUT2D eigenvalue weighted by Crippen LogP contribution is -2.45. The average Bonchev–Trinajstić information content (AvgIpc) is 3.28. The van der Waals surface area contributed by atoms with Crippen LogP contribution in [0.4, 0.5) is 5.69 Å². The van der Waals surface area contributed by atoms with E-state index in [1.54, 1.807) is 12.4 Å². The highest BCUT2D eigenvalue weighted by Gasteiger charge is 2.28. The van der Waals surface area contributed by atoms with E-state index < -0.39 is 0 Å². The van der Waals surface area contributed by atoms with E-state index in [0.717, 1.165) is 34.6 Å². The van der Waals surface area contributed by atoms with Crippen LogP contribution in [0.5, 0.6) is 0 Å². The zero-order valence-electron chi connectivity index (χ0n) is 20.7. The maximum Gasteiger partial charge on any atom is 0.228 e. The summed E-state index contributed by atoms with van der Waals surface area (Å²) in [5, 5.41) is 4.45. The summed E-state index contributed by atoms with van der Waals surface area (Å²) >= 11 is 0. The molecule has 0 spiro atoms. The van der Waals surface area contributed by atoms with Crippen LogP contribution in [0.15, 0.2) is 55.1 Å². The second-order valence-electron chi connectivity index (χ2n) is 9.70. The minimum Gasteiger partial charge on any atom is -0.311 e.